The highest BCUT2D eigenvalue weighted by atomic mass is 35.5. The maximum absolute atomic E-state index is 13.2. The van der Waals surface area contributed by atoms with Crippen LogP contribution in [0.5, 0.6) is 5.75 Å². The summed E-state index contributed by atoms with van der Waals surface area (Å²) in [7, 11) is 1.63. The fraction of sp³-hybridized carbons (Fsp3) is 0.452. The maximum Gasteiger partial charge on any atom is 0.331 e. The van der Waals surface area contributed by atoms with Crippen LogP contribution in [0.15, 0.2) is 60.2 Å². The van der Waals surface area contributed by atoms with E-state index >= 15 is 0 Å². The van der Waals surface area contributed by atoms with Gasteiger partial charge in [-0.3, -0.25) is 9.59 Å². The molecule has 2 aromatic rings. The molecule has 7 nitrogen and oxygen atoms in total. The topological polar surface area (TPSA) is 95.9 Å². The molecule has 0 aliphatic heterocycles. The molecular formula is C31H41ClN2O5. The molecule has 2 atom stereocenters. The van der Waals surface area contributed by atoms with Crippen molar-refractivity contribution in [3.05, 3.63) is 76.3 Å². The van der Waals surface area contributed by atoms with Gasteiger partial charge in [-0.1, -0.05) is 76.6 Å². The number of ether oxygens (including phenoxy) is 1. The molecule has 0 spiro atoms. The van der Waals surface area contributed by atoms with Crippen molar-refractivity contribution in [2.75, 3.05) is 13.6 Å². The normalized spacial score (nSPS) is 13.5. The molecule has 0 fully saturated rings. The lowest BCUT2D eigenvalue weighted by molar-refractivity contribution is -0.135. The summed E-state index contributed by atoms with van der Waals surface area (Å²) in [4.78, 5) is 38.9. The third kappa shape index (κ3) is 8.85. The van der Waals surface area contributed by atoms with E-state index in [1.165, 1.54) is 11.8 Å². The Morgan fingerprint density at radius 3 is 2.18 bits per heavy atom. The first-order valence-electron chi connectivity index (χ1n) is 13.2. The second kappa shape index (κ2) is 14.2. The van der Waals surface area contributed by atoms with Gasteiger partial charge < -0.3 is 20.1 Å². The zero-order valence-electron chi connectivity index (χ0n) is 24.0. The van der Waals surface area contributed by atoms with Crippen LogP contribution in [0.3, 0.4) is 0 Å². The van der Waals surface area contributed by atoms with Crippen molar-refractivity contribution >= 4 is 29.4 Å². The van der Waals surface area contributed by atoms with Crippen molar-refractivity contribution in [2.45, 2.75) is 66.0 Å². The Labute approximate surface area is 237 Å². The molecule has 8 heteroatoms. The van der Waals surface area contributed by atoms with Crippen LogP contribution < -0.4 is 10.1 Å². The number of amides is 2. The molecule has 2 rings (SSSR count). The highest BCUT2D eigenvalue weighted by Crippen LogP contribution is 2.35. The minimum Gasteiger partial charge on any atom is -0.489 e. The molecule has 0 aliphatic carbocycles. The van der Waals surface area contributed by atoms with Gasteiger partial charge in [-0.15, -0.1) is 0 Å². The number of nitrogens with zero attached hydrogens (tertiary/aromatic N) is 1. The molecule has 0 aromatic heterocycles. The Kier molecular flexibility index (Phi) is 11.6. The number of hydrogen-bond acceptors (Lipinski definition) is 4. The number of hydrogen-bond donors (Lipinski definition) is 2. The van der Waals surface area contributed by atoms with E-state index in [0.717, 1.165) is 16.9 Å². The zero-order chi connectivity index (χ0) is 29.3. The van der Waals surface area contributed by atoms with Crippen molar-refractivity contribution in [3.63, 3.8) is 0 Å². The summed E-state index contributed by atoms with van der Waals surface area (Å²) in [5.74, 6) is -1.15. The smallest absolute Gasteiger partial charge is 0.331 e. The predicted molar refractivity (Wildman–Crippen MR) is 155 cm³/mol. The van der Waals surface area contributed by atoms with Crippen LogP contribution in [0.4, 0.5) is 0 Å². The van der Waals surface area contributed by atoms with Gasteiger partial charge in [-0.2, -0.15) is 0 Å². The summed E-state index contributed by atoms with van der Waals surface area (Å²) in [5, 5.41) is 12.7. The van der Waals surface area contributed by atoms with Crippen molar-refractivity contribution in [3.8, 4) is 5.75 Å². The van der Waals surface area contributed by atoms with Gasteiger partial charge in [0.15, 0.2) is 0 Å². The number of carbonyl (C=O) groups excluding carboxylic acids is 2. The summed E-state index contributed by atoms with van der Waals surface area (Å²) >= 11 is 5.94. The van der Waals surface area contributed by atoms with E-state index in [0.29, 0.717) is 18.1 Å². The fourth-order valence-corrected chi connectivity index (χ4v) is 4.73. The summed E-state index contributed by atoms with van der Waals surface area (Å²) in [5.41, 5.74) is 1.68. The molecule has 2 amide bonds. The standard InChI is InChI=1S/C31H41ClN2O5/c1-8-26(29(36)33-18-28(35)34(7)27(20(2)3)17-21(4)30(37)38)31(5,6)23-11-15-25(16-12-23)39-19-22-9-13-24(32)14-10-22/h9-17,20,26-27H,8,18-19H2,1-7H3,(H,33,36)(H,37,38)/b21-17+/t26?,27-/m1/s1. The van der Waals surface area contributed by atoms with Crippen LogP contribution in [0.25, 0.3) is 0 Å². The summed E-state index contributed by atoms with van der Waals surface area (Å²) in [6.45, 7) is 11.6. The van der Waals surface area contributed by atoms with Gasteiger partial charge in [-0.25, -0.2) is 4.79 Å². The molecule has 0 radical (unpaired) electrons. The summed E-state index contributed by atoms with van der Waals surface area (Å²) in [6, 6.07) is 14.8. The molecule has 0 saturated heterocycles. The van der Waals surface area contributed by atoms with Gasteiger partial charge in [0.2, 0.25) is 11.8 Å². The molecule has 1 unspecified atom stereocenters. The van der Waals surface area contributed by atoms with E-state index in [4.69, 9.17) is 16.3 Å². The number of nitrogens with one attached hydrogen (secondary N) is 1. The summed E-state index contributed by atoms with van der Waals surface area (Å²) in [6.07, 6.45) is 2.17. The van der Waals surface area contributed by atoms with Crippen LogP contribution >= 0.6 is 11.6 Å². The third-order valence-corrected chi connectivity index (χ3v) is 7.46. The lowest BCUT2D eigenvalue weighted by atomic mass is 9.71. The van der Waals surface area contributed by atoms with Gasteiger partial charge in [0.25, 0.3) is 0 Å². The van der Waals surface area contributed by atoms with Crippen molar-refractivity contribution in [2.24, 2.45) is 11.8 Å². The first-order valence-corrected chi connectivity index (χ1v) is 13.6. The van der Waals surface area contributed by atoms with Crippen LogP contribution in [0.2, 0.25) is 5.02 Å². The molecular weight excluding hydrogens is 516 g/mol. The Morgan fingerprint density at radius 1 is 1.08 bits per heavy atom. The largest absolute Gasteiger partial charge is 0.489 e. The van der Waals surface area contributed by atoms with E-state index in [-0.39, 0.29) is 35.8 Å². The molecule has 2 aromatic carbocycles. The van der Waals surface area contributed by atoms with Crippen LogP contribution in [0.1, 0.15) is 59.1 Å². The molecule has 0 heterocycles. The van der Waals surface area contributed by atoms with Gasteiger partial charge in [0.1, 0.15) is 12.4 Å². The number of rotatable bonds is 13. The SMILES string of the molecule is CCC(C(=O)NCC(=O)N(C)[C@H](/C=C(\C)C(=O)O)C(C)C)C(C)(C)c1ccc(OCc2ccc(Cl)cc2)cc1. The number of carbonyl (C=O) groups is 3. The molecule has 0 aliphatic rings. The predicted octanol–water partition coefficient (Wildman–Crippen LogP) is 5.85. The van der Waals surface area contributed by atoms with Crippen LogP contribution in [-0.2, 0) is 26.4 Å². The van der Waals surface area contributed by atoms with Gasteiger partial charge in [-0.05, 0) is 54.7 Å². The summed E-state index contributed by atoms with van der Waals surface area (Å²) < 4.78 is 5.89. The Balaban J connectivity index is 2.04. The number of carboxylic acid groups (broad SMARTS) is 1. The van der Waals surface area contributed by atoms with Crippen molar-refractivity contribution < 1.29 is 24.2 Å². The number of carboxylic acids is 1. The Bertz CT molecular complexity index is 1160. The molecule has 0 bridgehead atoms. The first-order chi connectivity index (χ1) is 18.3. The zero-order valence-corrected chi connectivity index (χ0v) is 24.7. The quantitative estimate of drug-likeness (QED) is 0.302. The minimum atomic E-state index is -1.02. The Morgan fingerprint density at radius 2 is 1.67 bits per heavy atom. The van der Waals surface area contributed by atoms with Gasteiger partial charge in [0.05, 0.1) is 12.6 Å². The fourth-order valence-electron chi connectivity index (χ4n) is 4.61. The lowest BCUT2D eigenvalue weighted by Crippen LogP contribution is -2.48. The van der Waals surface area contributed by atoms with Gasteiger partial charge >= 0.3 is 5.97 Å². The average Bonchev–Trinajstić information content (AvgIpc) is 2.89. The molecule has 0 saturated carbocycles. The number of likely N-dealkylation sites (N-methyl/N-ethyl adjacent to an activating group) is 1. The van der Waals surface area contributed by atoms with E-state index in [1.807, 2.05) is 83.1 Å². The monoisotopic (exact) mass is 556 g/mol. The molecule has 39 heavy (non-hydrogen) atoms. The minimum absolute atomic E-state index is 0.00409. The molecule has 212 valence electrons. The maximum atomic E-state index is 13.2. The van der Waals surface area contributed by atoms with E-state index in [2.05, 4.69) is 5.32 Å². The van der Waals surface area contributed by atoms with Crippen molar-refractivity contribution in [1.29, 1.82) is 0 Å². The second-order valence-electron chi connectivity index (χ2n) is 10.7. The highest BCUT2D eigenvalue weighted by molar-refractivity contribution is 6.30. The first kappa shape index (κ1) is 31.9. The highest BCUT2D eigenvalue weighted by Gasteiger charge is 2.35. The van der Waals surface area contributed by atoms with Crippen molar-refractivity contribution in [1.82, 2.24) is 10.2 Å². The third-order valence-electron chi connectivity index (χ3n) is 7.21. The van der Waals surface area contributed by atoms with E-state index in [1.54, 1.807) is 13.1 Å². The molecule has 2 N–H and O–H groups in total. The van der Waals surface area contributed by atoms with Crippen LogP contribution in [0, 0.1) is 11.8 Å². The van der Waals surface area contributed by atoms with Crippen LogP contribution in [-0.4, -0.2) is 47.4 Å². The lowest BCUT2D eigenvalue weighted by Gasteiger charge is -2.34. The average molecular weight is 557 g/mol. The van der Waals surface area contributed by atoms with E-state index in [9.17, 15) is 19.5 Å². The number of aliphatic carboxylic acids is 1. The van der Waals surface area contributed by atoms with E-state index < -0.39 is 17.4 Å². The van der Waals surface area contributed by atoms with Gasteiger partial charge in [0, 0.05) is 29.0 Å². The number of benzene rings is 2. The second-order valence-corrected chi connectivity index (χ2v) is 11.2. The number of halogens is 1. The Hall–Kier alpha value is -3.32.